The standard InChI is InChI=1S/C12H27Si/c1-11(2,3)10(12(4,5)6)13(7,8)9/h1-9H3. The molecule has 0 bridgehead atoms. The summed E-state index contributed by atoms with van der Waals surface area (Å²) in [4.78, 5) is 0. The van der Waals surface area contributed by atoms with E-state index >= 15 is 0 Å². The lowest BCUT2D eigenvalue weighted by Crippen LogP contribution is -2.47. The van der Waals surface area contributed by atoms with Crippen molar-refractivity contribution in [2.45, 2.75) is 61.2 Å². The van der Waals surface area contributed by atoms with E-state index in [1.165, 1.54) is 0 Å². The molecule has 0 saturated heterocycles. The van der Waals surface area contributed by atoms with Crippen molar-refractivity contribution in [1.29, 1.82) is 0 Å². The maximum Gasteiger partial charge on any atom is 0.0522 e. The van der Waals surface area contributed by atoms with Gasteiger partial charge in [0.25, 0.3) is 0 Å². The quantitative estimate of drug-likeness (QED) is 0.544. The van der Waals surface area contributed by atoms with Gasteiger partial charge in [0.15, 0.2) is 0 Å². The highest BCUT2D eigenvalue weighted by Gasteiger charge is 2.43. The van der Waals surface area contributed by atoms with Gasteiger partial charge in [-0.15, -0.1) is 0 Å². The zero-order chi connectivity index (χ0) is 11.1. The first kappa shape index (κ1) is 13.2. The van der Waals surface area contributed by atoms with Crippen molar-refractivity contribution in [3.05, 3.63) is 5.54 Å². The Morgan fingerprint density at radius 2 is 0.923 bits per heavy atom. The molecule has 0 unspecified atom stereocenters. The molecule has 0 atom stereocenters. The fourth-order valence-corrected chi connectivity index (χ4v) is 7.88. The van der Waals surface area contributed by atoms with Crippen molar-refractivity contribution in [3.63, 3.8) is 0 Å². The predicted octanol–water partition coefficient (Wildman–Crippen LogP) is 4.53. The Bertz CT molecular complexity index is 128. The van der Waals surface area contributed by atoms with Crippen molar-refractivity contribution in [2.24, 2.45) is 10.8 Å². The van der Waals surface area contributed by atoms with E-state index in [4.69, 9.17) is 0 Å². The van der Waals surface area contributed by atoms with E-state index in [2.05, 4.69) is 61.2 Å². The van der Waals surface area contributed by atoms with Gasteiger partial charge in [-0.25, -0.2) is 0 Å². The van der Waals surface area contributed by atoms with Gasteiger partial charge in [0.05, 0.1) is 8.07 Å². The molecule has 13 heavy (non-hydrogen) atoms. The first-order chi connectivity index (χ1) is 5.37. The van der Waals surface area contributed by atoms with Crippen LogP contribution < -0.4 is 0 Å². The maximum atomic E-state index is 2.46. The fourth-order valence-electron chi connectivity index (χ4n) is 3.38. The summed E-state index contributed by atoms with van der Waals surface area (Å²) >= 11 is 0. The zero-order valence-electron chi connectivity index (χ0n) is 11.0. The van der Waals surface area contributed by atoms with Crippen LogP contribution in [0, 0.1) is 16.4 Å². The summed E-state index contributed by atoms with van der Waals surface area (Å²) in [7, 11) is -1.14. The fraction of sp³-hybridized carbons (Fsp3) is 0.917. The molecule has 1 heteroatoms. The Kier molecular flexibility index (Phi) is 3.47. The minimum absolute atomic E-state index is 0.364. The monoisotopic (exact) mass is 199 g/mol. The van der Waals surface area contributed by atoms with Gasteiger partial charge in [-0.2, -0.15) is 0 Å². The van der Waals surface area contributed by atoms with Crippen LogP contribution in [0.2, 0.25) is 19.6 Å². The lowest BCUT2D eigenvalue weighted by atomic mass is 9.76. The van der Waals surface area contributed by atoms with E-state index in [0.717, 1.165) is 0 Å². The van der Waals surface area contributed by atoms with Gasteiger partial charge in [-0.1, -0.05) is 61.2 Å². The maximum absolute atomic E-state index is 2.46. The predicted molar refractivity (Wildman–Crippen MR) is 65.5 cm³/mol. The summed E-state index contributed by atoms with van der Waals surface area (Å²) < 4.78 is 0. The number of hydrogen-bond acceptors (Lipinski definition) is 0. The molecule has 0 aliphatic heterocycles. The summed E-state index contributed by atoms with van der Waals surface area (Å²) in [5.74, 6) is 0. The van der Waals surface area contributed by atoms with Crippen molar-refractivity contribution >= 4 is 8.07 Å². The minimum atomic E-state index is -1.14. The highest BCUT2D eigenvalue weighted by atomic mass is 28.3. The van der Waals surface area contributed by atoms with Crippen LogP contribution in [0.15, 0.2) is 0 Å². The second kappa shape index (κ2) is 3.41. The van der Waals surface area contributed by atoms with Gasteiger partial charge in [0.1, 0.15) is 0 Å². The Morgan fingerprint density at radius 1 is 0.692 bits per heavy atom. The van der Waals surface area contributed by atoms with Gasteiger partial charge in [-0.3, -0.25) is 0 Å². The van der Waals surface area contributed by atoms with Gasteiger partial charge in [-0.05, 0) is 16.4 Å². The molecule has 0 nitrogen and oxygen atoms in total. The summed E-state index contributed by atoms with van der Waals surface area (Å²) in [6.07, 6.45) is 0. The van der Waals surface area contributed by atoms with Gasteiger partial charge >= 0.3 is 0 Å². The molecule has 0 fully saturated rings. The molecule has 0 aliphatic carbocycles. The summed E-state index contributed by atoms with van der Waals surface area (Å²) in [5.41, 5.74) is 2.51. The molecule has 1 radical (unpaired) electrons. The molecular formula is C12H27Si. The van der Waals surface area contributed by atoms with Crippen LogP contribution in [0.5, 0.6) is 0 Å². The lowest BCUT2D eigenvalue weighted by molar-refractivity contribution is 0.318. The van der Waals surface area contributed by atoms with E-state index in [9.17, 15) is 0 Å². The smallest absolute Gasteiger partial charge is 0.0522 e. The van der Waals surface area contributed by atoms with Crippen molar-refractivity contribution in [1.82, 2.24) is 0 Å². The average Bonchev–Trinajstić information content (AvgIpc) is 1.44. The molecule has 0 N–H and O–H groups in total. The normalized spacial score (nSPS) is 15.2. The number of hydrogen-bond donors (Lipinski definition) is 0. The summed E-state index contributed by atoms with van der Waals surface area (Å²) in [6, 6.07) is 0. The third kappa shape index (κ3) is 3.84. The molecule has 0 heterocycles. The Morgan fingerprint density at radius 3 is 0.923 bits per heavy atom. The topological polar surface area (TPSA) is 0 Å². The first-order valence-corrected chi connectivity index (χ1v) is 8.75. The van der Waals surface area contributed by atoms with E-state index < -0.39 is 8.07 Å². The average molecular weight is 199 g/mol. The van der Waals surface area contributed by atoms with Gasteiger partial charge < -0.3 is 0 Å². The highest BCUT2D eigenvalue weighted by Crippen LogP contribution is 2.47. The molecule has 0 aromatic rings. The molecule has 0 amide bonds. The van der Waals surface area contributed by atoms with Crippen LogP contribution in [0.4, 0.5) is 0 Å². The molecule has 0 aromatic carbocycles. The van der Waals surface area contributed by atoms with E-state index in [-0.39, 0.29) is 0 Å². The van der Waals surface area contributed by atoms with Crippen LogP contribution in [-0.4, -0.2) is 8.07 Å². The van der Waals surface area contributed by atoms with Crippen LogP contribution in [0.1, 0.15) is 41.5 Å². The van der Waals surface area contributed by atoms with Crippen LogP contribution >= 0.6 is 0 Å². The zero-order valence-corrected chi connectivity index (χ0v) is 12.0. The van der Waals surface area contributed by atoms with E-state index in [1.807, 2.05) is 0 Å². The molecular weight excluding hydrogens is 172 g/mol. The molecule has 0 aliphatic rings. The van der Waals surface area contributed by atoms with Crippen molar-refractivity contribution in [2.75, 3.05) is 0 Å². The largest absolute Gasteiger partial charge is 0.0691 e. The molecule has 0 rings (SSSR count). The van der Waals surface area contributed by atoms with E-state index in [0.29, 0.717) is 10.8 Å². The summed E-state index contributed by atoms with van der Waals surface area (Å²) in [5, 5.41) is 0. The van der Waals surface area contributed by atoms with E-state index in [1.54, 1.807) is 5.54 Å². The molecule has 0 saturated carbocycles. The highest BCUT2D eigenvalue weighted by molar-refractivity contribution is 6.81. The second-order valence-electron chi connectivity index (χ2n) is 7.12. The Balaban J connectivity index is 5.02. The SMILES string of the molecule is CC(C)(C)[C](C(C)(C)C)[Si](C)(C)C. The van der Waals surface area contributed by atoms with Crippen molar-refractivity contribution in [3.8, 4) is 0 Å². The van der Waals surface area contributed by atoms with Crippen LogP contribution in [0.25, 0.3) is 0 Å². The van der Waals surface area contributed by atoms with Crippen LogP contribution in [0.3, 0.4) is 0 Å². The van der Waals surface area contributed by atoms with Gasteiger partial charge in [0.2, 0.25) is 0 Å². The second-order valence-corrected chi connectivity index (χ2v) is 12.1. The Labute approximate surface area is 86.1 Å². The molecule has 0 aromatic heterocycles. The first-order valence-electron chi connectivity index (χ1n) is 5.25. The summed E-state index contributed by atoms with van der Waals surface area (Å²) in [6.45, 7) is 21.5. The molecule has 79 valence electrons. The van der Waals surface area contributed by atoms with Crippen molar-refractivity contribution < 1.29 is 0 Å². The number of rotatable bonds is 1. The lowest BCUT2D eigenvalue weighted by Gasteiger charge is -2.47. The molecule has 0 spiro atoms. The minimum Gasteiger partial charge on any atom is -0.0691 e. The Hall–Kier alpha value is 0.217. The van der Waals surface area contributed by atoms with Crippen LogP contribution in [-0.2, 0) is 0 Å². The third-order valence-electron chi connectivity index (χ3n) is 2.25. The van der Waals surface area contributed by atoms with Gasteiger partial charge in [0, 0.05) is 0 Å². The third-order valence-corrected chi connectivity index (χ3v) is 5.25.